The fraction of sp³-hybridized carbons (Fsp3) is 0. The second-order valence-electron chi connectivity index (χ2n) is 2.15. The summed E-state index contributed by atoms with van der Waals surface area (Å²) in [4.78, 5) is 0. The van der Waals surface area contributed by atoms with Gasteiger partial charge < -0.3 is 5.11 Å². The van der Waals surface area contributed by atoms with E-state index >= 15 is 0 Å². The minimum Gasteiger partial charge on any atom is -0.507 e. The molecule has 1 nitrogen and oxygen atoms in total. The number of phenols is 1. The molecule has 1 aromatic carbocycles. The van der Waals surface area contributed by atoms with Gasteiger partial charge in [-0.2, -0.15) is 0 Å². The van der Waals surface area contributed by atoms with Crippen molar-refractivity contribution in [2.24, 2.45) is 0 Å². The van der Waals surface area contributed by atoms with Crippen molar-refractivity contribution in [2.75, 3.05) is 0 Å². The lowest BCUT2D eigenvalue weighted by atomic mass is 10.2. The zero-order valence-electron chi connectivity index (χ0n) is 6.20. The van der Waals surface area contributed by atoms with Crippen LogP contribution in [0.25, 0.3) is 6.08 Å². The quantitative estimate of drug-likeness (QED) is 0.636. The summed E-state index contributed by atoms with van der Waals surface area (Å²) in [6.07, 6.45) is 5.27. The summed E-state index contributed by atoms with van der Waals surface area (Å²) in [7, 11) is 0. The lowest BCUT2D eigenvalue weighted by Crippen LogP contribution is -1.71. The molecule has 0 unspecified atom stereocenters. The monoisotopic (exact) mass is 146 g/mol. The smallest absolute Gasteiger partial charge is 0.122 e. The molecule has 0 amide bonds. The largest absolute Gasteiger partial charge is 0.507 e. The van der Waals surface area contributed by atoms with Crippen LogP contribution in [-0.4, -0.2) is 5.11 Å². The molecule has 0 saturated carbocycles. The summed E-state index contributed by atoms with van der Waals surface area (Å²) in [6.45, 7) is 3.54. The standard InChI is InChI=1S/C10H10O/c1-2-3-6-9-7-4-5-8-10(9)11/h2-8,11H,1H2/b6-3+. The summed E-state index contributed by atoms with van der Waals surface area (Å²) in [5.74, 6) is 0.297. The Morgan fingerprint density at radius 1 is 1.27 bits per heavy atom. The molecule has 0 atom stereocenters. The molecule has 0 bridgehead atoms. The molecule has 0 heterocycles. The number of para-hydroxylation sites is 1. The van der Waals surface area contributed by atoms with Crippen LogP contribution in [0.5, 0.6) is 5.75 Å². The van der Waals surface area contributed by atoms with Gasteiger partial charge in [0.05, 0.1) is 0 Å². The molecular formula is C10H10O. The van der Waals surface area contributed by atoms with E-state index in [1.807, 2.05) is 18.2 Å². The third-order valence-corrected chi connectivity index (χ3v) is 1.35. The van der Waals surface area contributed by atoms with Gasteiger partial charge in [-0.25, -0.2) is 0 Å². The maximum absolute atomic E-state index is 9.25. The van der Waals surface area contributed by atoms with Gasteiger partial charge in [0.15, 0.2) is 0 Å². The van der Waals surface area contributed by atoms with Gasteiger partial charge in [-0.3, -0.25) is 0 Å². The molecule has 1 heteroatoms. The van der Waals surface area contributed by atoms with Crippen LogP contribution in [0.2, 0.25) is 0 Å². The van der Waals surface area contributed by atoms with Crippen molar-refractivity contribution in [3.05, 3.63) is 48.6 Å². The third-order valence-electron chi connectivity index (χ3n) is 1.35. The van der Waals surface area contributed by atoms with Gasteiger partial charge in [0.25, 0.3) is 0 Å². The van der Waals surface area contributed by atoms with E-state index in [0.717, 1.165) is 5.56 Å². The lowest BCUT2D eigenvalue weighted by Gasteiger charge is -1.95. The maximum atomic E-state index is 9.25. The molecule has 0 aliphatic carbocycles. The number of rotatable bonds is 2. The van der Waals surface area contributed by atoms with E-state index in [9.17, 15) is 5.11 Å². The normalized spacial score (nSPS) is 10.2. The lowest BCUT2D eigenvalue weighted by molar-refractivity contribution is 0.474. The van der Waals surface area contributed by atoms with E-state index in [-0.39, 0.29) is 0 Å². The Morgan fingerprint density at radius 2 is 2.00 bits per heavy atom. The topological polar surface area (TPSA) is 20.2 Å². The average molecular weight is 146 g/mol. The first kappa shape index (κ1) is 7.61. The van der Waals surface area contributed by atoms with Crippen molar-refractivity contribution >= 4 is 6.08 Å². The summed E-state index contributed by atoms with van der Waals surface area (Å²) in [5, 5.41) is 9.25. The van der Waals surface area contributed by atoms with E-state index in [1.165, 1.54) is 0 Å². The van der Waals surface area contributed by atoms with E-state index in [0.29, 0.717) is 5.75 Å². The SMILES string of the molecule is C=C/C=C/c1ccccc1O. The van der Waals surface area contributed by atoms with Crippen LogP contribution in [0.15, 0.2) is 43.0 Å². The number of aromatic hydroxyl groups is 1. The highest BCUT2D eigenvalue weighted by Crippen LogP contribution is 2.16. The first-order chi connectivity index (χ1) is 5.34. The molecular weight excluding hydrogens is 136 g/mol. The minimum atomic E-state index is 0.297. The van der Waals surface area contributed by atoms with Crippen molar-refractivity contribution in [3.63, 3.8) is 0 Å². The van der Waals surface area contributed by atoms with Gasteiger partial charge in [-0.15, -0.1) is 0 Å². The van der Waals surface area contributed by atoms with Gasteiger partial charge in [0.2, 0.25) is 0 Å². The number of phenolic OH excluding ortho intramolecular Hbond substituents is 1. The zero-order chi connectivity index (χ0) is 8.10. The second-order valence-corrected chi connectivity index (χ2v) is 2.15. The van der Waals surface area contributed by atoms with Crippen LogP contribution in [-0.2, 0) is 0 Å². The predicted octanol–water partition coefficient (Wildman–Crippen LogP) is 2.59. The molecule has 1 N–H and O–H groups in total. The molecule has 1 rings (SSSR count). The number of hydrogen-bond acceptors (Lipinski definition) is 1. The first-order valence-corrected chi connectivity index (χ1v) is 3.41. The first-order valence-electron chi connectivity index (χ1n) is 3.41. The Balaban J connectivity index is 2.94. The number of allylic oxidation sites excluding steroid dienone is 2. The Morgan fingerprint density at radius 3 is 2.64 bits per heavy atom. The van der Waals surface area contributed by atoms with Gasteiger partial charge in [0.1, 0.15) is 5.75 Å². The highest BCUT2D eigenvalue weighted by atomic mass is 16.3. The Labute approximate surface area is 66.3 Å². The van der Waals surface area contributed by atoms with E-state index < -0.39 is 0 Å². The Kier molecular flexibility index (Phi) is 2.50. The Hall–Kier alpha value is -1.50. The zero-order valence-corrected chi connectivity index (χ0v) is 6.20. The van der Waals surface area contributed by atoms with Crippen LogP contribution in [0.3, 0.4) is 0 Å². The molecule has 56 valence electrons. The van der Waals surface area contributed by atoms with E-state index in [4.69, 9.17) is 0 Å². The molecule has 0 radical (unpaired) electrons. The number of hydrogen-bond donors (Lipinski definition) is 1. The number of benzene rings is 1. The van der Waals surface area contributed by atoms with Crippen molar-refractivity contribution in [1.29, 1.82) is 0 Å². The fourth-order valence-electron chi connectivity index (χ4n) is 0.800. The predicted molar refractivity (Wildman–Crippen MR) is 47.3 cm³/mol. The van der Waals surface area contributed by atoms with Crippen LogP contribution in [0.4, 0.5) is 0 Å². The van der Waals surface area contributed by atoms with Crippen molar-refractivity contribution in [2.45, 2.75) is 0 Å². The van der Waals surface area contributed by atoms with Crippen LogP contribution in [0.1, 0.15) is 5.56 Å². The highest BCUT2D eigenvalue weighted by Gasteiger charge is 1.91. The molecule has 0 spiro atoms. The third kappa shape index (κ3) is 1.97. The molecule has 0 aliphatic heterocycles. The summed E-state index contributed by atoms with van der Waals surface area (Å²) in [5.41, 5.74) is 0.812. The van der Waals surface area contributed by atoms with Crippen molar-refractivity contribution < 1.29 is 5.11 Å². The van der Waals surface area contributed by atoms with Crippen LogP contribution in [0, 0.1) is 0 Å². The molecule has 0 aliphatic rings. The maximum Gasteiger partial charge on any atom is 0.122 e. The average Bonchev–Trinajstić information content (AvgIpc) is 2.03. The van der Waals surface area contributed by atoms with Crippen molar-refractivity contribution in [1.82, 2.24) is 0 Å². The van der Waals surface area contributed by atoms with E-state index in [1.54, 1.807) is 24.3 Å². The summed E-state index contributed by atoms with van der Waals surface area (Å²) < 4.78 is 0. The van der Waals surface area contributed by atoms with E-state index in [2.05, 4.69) is 6.58 Å². The summed E-state index contributed by atoms with van der Waals surface area (Å²) in [6, 6.07) is 7.17. The van der Waals surface area contributed by atoms with Gasteiger partial charge in [-0.05, 0) is 6.07 Å². The van der Waals surface area contributed by atoms with Crippen LogP contribution < -0.4 is 0 Å². The second kappa shape index (κ2) is 3.62. The van der Waals surface area contributed by atoms with Gasteiger partial charge >= 0.3 is 0 Å². The molecule has 11 heavy (non-hydrogen) atoms. The van der Waals surface area contributed by atoms with Crippen molar-refractivity contribution in [3.8, 4) is 5.75 Å². The molecule has 0 saturated heterocycles. The molecule has 0 fully saturated rings. The van der Waals surface area contributed by atoms with Gasteiger partial charge in [0, 0.05) is 5.56 Å². The van der Waals surface area contributed by atoms with Gasteiger partial charge in [-0.1, -0.05) is 43.0 Å². The molecule has 1 aromatic rings. The summed E-state index contributed by atoms with van der Waals surface area (Å²) >= 11 is 0. The highest BCUT2D eigenvalue weighted by molar-refractivity contribution is 5.57. The molecule has 0 aromatic heterocycles. The van der Waals surface area contributed by atoms with Crippen LogP contribution >= 0.6 is 0 Å². The Bertz CT molecular complexity index is 274. The minimum absolute atomic E-state index is 0.297. The fourth-order valence-corrected chi connectivity index (χ4v) is 0.800.